The minimum absolute atomic E-state index is 0.429. The quantitative estimate of drug-likeness (QED) is 0.810. The molecule has 2 N–H and O–H groups in total. The first-order chi connectivity index (χ1) is 11.6. The predicted octanol–water partition coefficient (Wildman–Crippen LogP) is 1.51. The van der Waals surface area contributed by atoms with Crippen molar-refractivity contribution in [2.24, 2.45) is 5.41 Å². The smallest absolute Gasteiger partial charge is 0.325 e. The number of amides is 4. The van der Waals surface area contributed by atoms with Crippen LogP contribution >= 0.6 is 0 Å². The number of benzene rings is 1. The van der Waals surface area contributed by atoms with Gasteiger partial charge in [-0.25, -0.2) is 4.79 Å². The third kappa shape index (κ3) is 3.63. The molecule has 2 rings (SSSR count). The van der Waals surface area contributed by atoms with Crippen LogP contribution in [0.2, 0.25) is 0 Å². The summed E-state index contributed by atoms with van der Waals surface area (Å²) in [6.45, 7) is 6.64. The number of hydrogen-bond acceptors (Lipinski definition) is 4. The van der Waals surface area contributed by atoms with Crippen molar-refractivity contribution in [3.05, 3.63) is 35.9 Å². The van der Waals surface area contributed by atoms with Gasteiger partial charge < -0.3 is 10.6 Å². The summed E-state index contributed by atoms with van der Waals surface area (Å²) in [5, 5.41) is 14.4. The van der Waals surface area contributed by atoms with Crippen LogP contribution in [0.4, 0.5) is 4.79 Å². The van der Waals surface area contributed by atoms with E-state index < -0.39 is 41.4 Å². The summed E-state index contributed by atoms with van der Waals surface area (Å²) < 4.78 is 0. The van der Waals surface area contributed by atoms with Crippen LogP contribution in [0.25, 0.3) is 0 Å². The second-order valence-electron chi connectivity index (χ2n) is 7.31. The maximum absolute atomic E-state index is 12.7. The molecule has 1 heterocycles. The molecule has 0 bridgehead atoms. The fourth-order valence-corrected chi connectivity index (χ4v) is 2.60. The summed E-state index contributed by atoms with van der Waals surface area (Å²) in [5.74, 6) is -1.05. The zero-order valence-electron chi connectivity index (χ0n) is 14.8. The van der Waals surface area contributed by atoms with Crippen molar-refractivity contribution in [1.29, 1.82) is 5.26 Å². The monoisotopic (exact) mass is 342 g/mol. The normalized spacial score (nSPS) is 21.5. The first kappa shape index (κ1) is 18.5. The Bertz CT molecular complexity index is 733. The molecular formula is C18H22N4O3. The molecule has 1 aliphatic rings. The Hall–Kier alpha value is -2.88. The molecule has 25 heavy (non-hydrogen) atoms. The Morgan fingerprint density at radius 3 is 2.44 bits per heavy atom. The lowest BCUT2D eigenvalue weighted by molar-refractivity contribution is -0.135. The van der Waals surface area contributed by atoms with E-state index in [-0.39, 0.29) is 0 Å². The SMILES string of the molecule is CC1(c2ccccc2)NC(=O)N(CC(=O)NC(C#N)C(C)(C)C)C1=O. The van der Waals surface area contributed by atoms with Gasteiger partial charge in [0, 0.05) is 0 Å². The maximum atomic E-state index is 12.7. The van der Waals surface area contributed by atoms with Gasteiger partial charge in [-0.1, -0.05) is 51.1 Å². The Morgan fingerprint density at radius 2 is 1.92 bits per heavy atom. The van der Waals surface area contributed by atoms with E-state index in [0.29, 0.717) is 5.56 Å². The minimum Gasteiger partial charge on any atom is -0.338 e. The first-order valence-electron chi connectivity index (χ1n) is 7.98. The summed E-state index contributed by atoms with van der Waals surface area (Å²) >= 11 is 0. The van der Waals surface area contributed by atoms with E-state index >= 15 is 0 Å². The van der Waals surface area contributed by atoms with Gasteiger partial charge in [0.1, 0.15) is 18.1 Å². The fraction of sp³-hybridized carbons (Fsp3) is 0.444. The number of imide groups is 1. The van der Waals surface area contributed by atoms with E-state index in [4.69, 9.17) is 0 Å². The van der Waals surface area contributed by atoms with Gasteiger partial charge in [-0.05, 0) is 17.9 Å². The highest BCUT2D eigenvalue weighted by Crippen LogP contribution is 2.28. The molecule has 2 atom stereocenters. The molecule has 1 aliphatic heterocycles. The zero-order valence-corrected chi connectivity index (χ0v) is 14.8. The lowest BCUT2D eigenvalue weighted by Gasteiger charge is -2.26. The molecule has 1 fully saturated rings. The van der Waals surface area contributed by atoms with E-state index in [1.807, 2.05) is 32.9 Å². The van der Waals surface area contributed by atoms with Crippen molar-refractivity contribution < 1.29 is 14.4 Å². The summed E-state index contributed by atoms with van der Waals surface area (Å²) in [5.41, 5.74) is -1.03. The highest BCUT2D eigenvalue weighted by Gasteiger charge is 2.49. The van der Waals surface area contributed by atoms with Crippen LogP contribution in [0.5, 0.6) is 0 Å². The van der Waals surface area contributed by atoms with Crippen molar-refractivity contribution in [2.75, 3.05) is 6.54 Å². The number of hydrogen-bond donors (Lipinski definition) is 2. The Morgan fingerprint density at radius 1 is 1.32 bits per heavy atom. The van der Waals surface area contributed by atoms with Crippen LogP contribution in [-0.4, -0.2) is 35.3 Å². The van der Waals surface area contributed by atoms with Gasteiger partial charge in [0.15, 0.2) is 0 Å². The number of urea groups is 1. The third-order valence-electron chi connectivity index (χ3n) is 4.23. The summed E-state index contributed by atoms with van der Waals surface area (Å²) in [6.07, 6.45) is 0. The highest BCUT2D eigenvalue weighted by atomic mass is 16.2. The predicted molar refractivity (Wildman–Crippen MR) is 91.0 cm³/mol. The number of rotatable bonds is 4. The molecule has 1 aromatic rings. The summed E-state index contributed by atoms with van der Waals surface area (Å²) in [4.78, 5) is 38.0. The van der Waals surface area contributed by atoms with E-state index in [0.717, 1.165) is 4.90 Å². The van der Waals surface area contributed by atoms with Gasteiger partial charge in [0.2, 0.25) is 5.91 Å². The molecule has 1 aromatic carbocycles. The number of nitrogens with one attached hydrogen (secondary N) is 2. The topological polar surface area (TPSA) is 102 Å². The number of nitriles is 1. The average Bonchev–Trinajstić information content (AvgIpc) is 2.76. The Balaban J connectivity index is 2.14. The molecule has 0 spiro atoms. The maximum Gasteiger partial charge on any atom is 0.325 e. The standard InChI is InChI=1S/C18H22N4O3/c1-17(2,3)13(10-19)20-14(23)11-22-15(24)18(4,21-16(22)25)12-8-6-5-7-9-12/h5-9,13H,11H2,1-4H3,(H,20,23)(H,21,25). The second-order valence-corrected chi connectivity index (χ2v) is 7.31. The molecule has 0 aromatic heterocycles. The Labute approximate surface area is 147 Å². The van der Waals surface area contributed by atoms with Gasteiger partial charge in [-0.15, -0.1) is 0 Å². The molecule has 132 valence electrons. The van der Waals surface area contributed by atoms with E-state index in [1.165, 1.54) is 0 Å². The Kier molecular flexibility index (Phi) is 4.84. The van der Waals surface area contributed by atoms with Crippen LogP contribution in [0.15, 0.2) is 30.3 Å². The van der Waals surface area contributed by atoms with Crippen molar-refractivity contribution >= 4 is 17.8 Å². The minimum atomic E-state index is -1.21. The lowest BCUT2D eigenvalue weighted by Crippen LogP contribution is -2.48. The largest absolute Gasteiger partial charge is 0.338 e. The van der Waals surface area contributed by atoms with E-state index in [1.54, 1.807) is 31.2 Å². The van der Waals surface area contributed by atoms with E-state index in [9.17, 15) is 19.6 Å². The first-order valence-corrected chi connectivity index (χ1v) is 7.98. The van der Waals surface area contributed by atoms with Crippen molar-refractivity contribution in [3.8, 4) is 6.07 Å². The molecule has 0 radical (unpaired) electrons. The van der Waals surface area contributed by atoms with Crippen molar-refractivity contribution in [2.45, 2.75) is 39.3 Å². The molecule has 2 unspecified atom stereocenters. The number of carbonyl (C=O) groups excluding carboxylic acids is 3. The molecule has 7 heteroatoms. The van der Waals surface area contributed by atoms with Gasteiger partial charge in [-0.3, -0.25) is 14.5 Å². The average molecular weight is 342 g/mol. The summed E-state index contributed by atoms with van der Waals surface area (Å²) in [7, 11) is 0. The van der Waals surface area contributed by atoms with Crippen LogP contribution in [0.3, 0.4) is 0 Å². The van der Waals surface area contributed by atoms with Crippen LogP contribution in [-0.2, 0) is 15.1 Å². The van der Waals surface area contributed by atoms with Crippen molar-refractivity contribution in [3.63, 3.8) is 0 Å². The van der Waals surface area contributed by atoms with Gasteiger partial charge in [-0.2, -0.15) is 5.26 Å². The molecule has 0 saturated carbocycles. The molecule has 1 saturated heterocycles. The molecule has 0 aliphatic carbocycles. The second kappa shape index (κ2) is 6.55. The molecular weight excluding hydrogens is 320 g/mol. The fourth-order valence-electron chi connectivity index (χ4n) is 2.60. The third-order valence-corrected chi connectivity index (χ3v) is 4.23. The van der Waals surface area contributed by atoms with Gasteiger partial charge in [0.05, 0.1) is 6.07 Å². The zero-order chi connectivity index (χ0) is 18.8. The van der Waals surface area contributed by atoms with Crippen molar-refractivity contribution in [1.82, 2.24) is 15.5 Å². The molecule has 4 amide bonds. The van der Waals surface area contributed by atoms with Crippen LogP contribution < -0.4 is 10.6 Å². The number of nitrogens with zero attached hydrogens (tertiary/aromatic N) is 2. The summed E-state index contributed by atoms with van der Waals surface area (Å²) in [6, 6.07) is 9.52. The molecule has 7 nitrogen and oxygen atoms in total. The highest BCUT2D eigenvalue weighted by molar-refractivity contribution is 6.09. The number of carbonyl (C=O) groups is 3. The van der Waals surface area contributed by atoms with Gasteiger partial charge in [0.25, 0.3) is 5.91 Å². The van der Waals surface area contributed by atoms with Crippen LogP contribution in [0, 0.1) is 16.7 Å². The van der Waals surface area contributed by atoms with Gasteiger partial charge >= 0.3 is 6.03 Å². The lowest BCUT2D eigenvalue weighted by atomic mass is 9.87. The van der Waals surface area contributed by atoms with Crippen LogP contribution in [0.1, 0.15) is 33.3 Å². The van der Waals surface area contributed by atoms with E-state index in [2.05, 4.69) is 10.6 Å².